The van der Waals surface area contributed by atoms with E-state index >= 15 is 0 Å². The van der Waals surface area contributed by atoms with Gasteiger partial charge in [0.2, 0.25) is 5.91 Å². The van der Waals surface area contributed by atoms with E-state index < -0.39 is 0 Å². The minimum absolute atomic E-state index is 0.0128. The number of nitrogens with one attached hydrogen (secondary N) is 2. The zero-order valence-corrected chi connectivity index (χ0v) is 11.2. The van der Waals surface area contributed by atoms with Crippen LogP contribution in [-0.2, 0) is 4.79 Å². The molecule has 1 aliphatic rings. The number of rotatable bonds is 3. The summed E-state index contributed by atoms with van der Waals surface area (Å²) in [6.45, 7) is 0.205. The zero-order chi connectivity index (χ0) is 13.5. The van der Waals surface area contributed by atoms with Crippen LogP contribution in [0, 0.1) is 17.2 Å². The summed E-state index contributed by atoms with van der Waals surface area (Å²) in [6.07, 6.45) is 2.96. The Kier molecular flexibility index (Phi) is 5.43. The molecule has 18 heavy (non-hydrogen) atoms. The second-order valence-corrected chi connectivity index (χ2v) is 4.63. The molecule has 0 spiro atoms. The van der Waals surface area contributed by atoms with Gasteiger partial charge in [-0.25, -0.2) is 0 Å². The summed E-state index contributed by atoms with van der Waals surface area (Å²) in [4.78, 5) is 17.0. The van der Waals surface area contributed by atoms with Crippen LogP contribution in [0.15, 0.2) is 4.99 Å². The van der Waals surface area contributed by atoms with E-state index in [-0.39, 0.29) is 24.4 Å². The minimum Gasteiger partial charge on any atom is -0.352 e. The maximum Gasteiger partial charge on any atom is 0.241 e. The fraction of sp³-hybridized carbons (Fsp3) is 0.750. The van der Waals surface area contributed by atoms with Gasteiger partial charge in [0, 0.05) is 27.2 Å². The molecular formula is C12H21N5O. The van der Waals surface area contributed by atoms with Crippen molar-refractivity contribution in [2.75, 3.05) is 27.7 Å². The van der Waals surface area contributed by atoms with Crippen molar-refractivity contribution < 1.29 is 4.79 Å². The molecule has 2 atom stereocenters. The molecule has 1 aliphatic carbocycles. The van der Waals surface area contributed by atoms with E-state index in [1.165, 1.54) is 4.90 Å². The third kappa shape index (κ3) is 3.91. The molecule has 1 amide bonds. The number of aliphatic imine (C=N–C) groups is 1. The van der Waals surface area contributed by atoms with Crippen molar-refractivity contribution in [2.45, 2.75) is 25.3 Å². The van der Waals surface area contributed by atoms with E-state index in [1.807, 2.05) is 0 Å². The summed E-state index contributed by atoms with van der Waals surface area (Å²) in [6, 6.07) is 2.44. The van der Waals surface area contributed by atoms with E-state index in [9.17, 15) is 4.79 Å². The van der Waals surface area contributed by atoms with Gasteiger partial charge in [-0.1, -0.05) is 0 Å². The quantitative estimate of drug-likeness (QED) is 0.543. The molecule has 0 aliphatic heterocycles. The van der Waals surface area contributed by atoms with Gasteiger partial charge in [0.1, 0.15) is 0 Å². The first-order chi connectivity index (χ1) is 8.58. The van der Waals surface area contributed by atoms with Gasteiger partial charge in [0.15, 0.2) is 5.96 Å². The largest absolute Gasteiger partial charge is 0.352 e. The fourth-order valence-electron chi connectivity index (χ4n) is 1.98. The smallest absolute Gasteiger partial charge is 0.241 e. The fourth-order valence-corrected chi connectivity index (χ4v) is 1.98. The molecular weight excluding hydrogens is 230 g/mol. The molecule has 0 radical (unpaired) electrons. The second kappa shape index (κ2) is 6.84. The first-order valence-corrected chi connectivity index (χ1v) is 6.15. The molecule has 0 aromatic rings. The van der Waals surface area contributed by atoms with Gasteiger partial charge in [0.05, 0.1) is 18.5 Å². The van der Waals surface area contributed by atoms with Gasteiger partial charge in [-0.2, -0.15) is 5.26 Å². The van der Waals surface area contributed by atoms with Crippen LogP contribution in [0.2, 0.25) is 0 Å². The number of guanidine groups is 1. The second-order valence-electron chi connectivity index (χ2n) is 4.63. The lowest BCUT2D eigenvalue weighted by atomic mass is 10.1. The van der Waals surface area contributed by atoms with Gasteiger partial charge in [-0.05, 0) is 19.3 Å². The average molecular weight is 251 g/mol. The van der Waals surface area contributed by atoms with Crippen LogP contribution >= 0.6 is 0 Å². The number of hydrogen-bond acceptors (Lipinski definition) is 3. The minimum atomic E-state index is -0.0128. The van der Waals surface area contributed by atoms with Crippen LogP contribution in [-0.4, -0.2) is 50.5 Å². The molecule has 6 heteroatoms. The van der Waals surface area contributed by atoms with Crippen molar-refractivity contribution in [3.8, 4) is 6.07 Å². The Morgan fingerprint density at radius 3 is 2.78 bits per heavy atom. The Hall–Kier alpha value is -1.77. The van der Waals surface area contributed by atoms with E-state index in [2.05, 4.69) is 21.7 Å². The van der Waals surface area contributed by atoms with Gasteiger partial charge in [-0.3, -0.25) is 9.79 Å². The van der Waals surface area contributed by atoms with Gasteiger partial charge in [-0.15, -0.1) is 0 Å². The molecule has 100 valence electrons. The molecule has 1 fully saturated rings. The lowest BCUT2D eigenvalue weighted by molar-refractivity contribution is -0.127. The van der Waals surface area contributed by atoms with Crippen molar-refractivity contribution in [1.29, 1.82) is 5.26 Å². The number of hydrogen-bond donors (Lipinski definition) is 2. The predicted molar refractivity (Wildman–Crippen MR) is 69.9 cm³/mol. The highest BCUT2D eigenvalue weighted by Crippen LogP contribution is 2.24. The summed E-state index contributed by atoms with van der Waals surface area (Å²) < 4.78 is 0. The van der Waals surface area contributed by atoms with Gasteiger partial charge >= 0.3 is 0 Å². The van der Waals surface area contributed by atoms with E-state index in [1.54, 1.807) is 21.1 Å². The van der Waals surface area contributed by atoms with E-state index in [0.717, 1.165) is 19.3 Å². The van der Waals surface area contributed by atoms with Crippen molar-refractivity contribution >= 4 is 11.9 Å². The SMILES string of the molecule is CN=C(NCC(=O)N(C)C)NC1CCCC1C#N. The topological polar surface area (TPSA) is 80.5 Å². The van der Waals surface area contributed by atoms with Crippen LogP contribution in [0.5, 0.6) is 0 Å². The molecule has 1 rings (SSSR count). The van der Waals surface area contributed by atoms with Crippen LogP contribution in [0.25, 0.3) is 0 Å². The van der Waals surface area contributed by atoms with E-state index in [4.69, 9.17) is 5.26 Å². The van der Waals surface area contributed by atoms with Crippen molar-refractivity contribution in [2.24, 2.45) is 10.9 Å². The predicted octanol–water partition coefficient (Wildman–Crippen LogP) is -0.0681. The third-order valence-corrected chi connectivity index (χ3v) is 3.13. The molecule has 6 nitrogen and oxygen atoms in total. The molecule has 2 N–H and O–H groups in total. The molecule has 0 saturated heterocycles. The van der Waals surface area contributed by atoms with Crippen LogP contribution in [0.3, 0.4) is 0 Å². The first-order valence-electron chi connectivity index (χ1n) is 6.15. The van der Waals surface area contributed by atoms with Crippen LogP contribution < -0.4 is 10.6 Å². The molecule has 0 aromatic carbocycles. The average Bonchev–Trinajstić information content (AvgIpc) is 2.80. The molecule has 1 saturated carbocycles. The Labute approximate surface area is 108 Å². The normalized spacial score (nSPS) is 23.3. The summed E-state index contributed by atoms with van der Waals surface area (Å²) in [5, 5.41) is 15.2. The van der Waals surface area contributed by atoms with E-state index in [0.29, 0.717) is 5.96 Å². The van der Waals surface area contributed by atoms with Gasteiger partial charge in [0.25, 0.3) is 0 Å². The molecule has 0 bridgehead atoms. The summed E-state index contributed by atoms with van der Waals surface area (Å²) in [5.41, 5.74) is 0. The number of likely N-dealkylation sites (N-methyl/N-ethyl adjacent to an activating group) is 1. The summed E-state index contributed by atoms with van der Waals surface area (Å²) in [5.74, 6) is 0.603. The zero-order valence-electron chi connectivity index (χ0n) is 11.2. The maximum atomic E-state index is 11.4. The number of nitriles is 1. The number of amides is 1. The maximum absolute atomic E-state index is 11.4. The summed E-state index contributed by atoms with van der Waals surface area (Å²) in [7, 11) is 5.08. The Bertz CT molecular complexity index is 358. The molecule has 2 unspecified atom stereocenters. The Balaban J connectivity index is 2.44. The van der Waals surface area contributed by atoms with Crippen molar-refractivity contribution in [3.05, 3.63) is 0 Å². The van der Waals surface area contributed by atoms with Crippen molar-refractivity contribution in [1.82, 2.24) is 15.5 Å². The number of nitrogens with zero attached hydrogens (tertiary/aromatic N) is 3. The lowest BCUT2D eigenvalue weighted by Crippen LogP contribution is -2.47. The highest BCUT2D eigenvalue weighted by molar-refractivity contribution is 5.86. The monoisotopic (exact) mass is 251 g/mol. The van der Waals surface area contributed by atoms with Gasteiger partial charge < -0.3 is 15.5 Å². The Morgan fingerprint density at radius 2 is 2.22 bits per heavy atom. The number of carbonyl (C=O) groups is 1. The Morgan fingerprint density at radius 1 is 1.50 bits per heavy atom. The highest BCUT2D eigenvalue weighted by atomic mass is 16.2. The molecule has 0 aromatic heterocycles. The van der Waals surface area contributed by atoms with Crippen molar-refractivity contribution in [3.63, 3.8) is 0 Å². The first kappa shape index (κ1) is 14.3. The molecule has 0 heterocycles. The standard InChI is InChI=1S/C12H21N5O/c1-14-12(15-8-11(18)17(2)3)16-10-6-4-5-9(10)7-13/h9-10H,4-6,8H2,1-3H3,(H2,14,15,16). The van der Waals surface area contributed by atoms with Crippen LogP contribution in [0.4, 0.5) is 0 Å². The van der Waals surface area contributed by atoms with Crippen LogP contribution in [0.1, 0.15) is 19.3 Å². The number of carbonyl (C=O) groups excluding carboxylic acids is 1. The summed E-state index contributed by atoms with van der Waals surface area (Å²) >= 11 is 0. The third-order valence-electron chi connectivity index (χ3n) is 3.13. The lowest BCUT2D eigenvalue weighted by Gasteiger charge is -2.20. The highest BCUT2D eigenvalue weighted by Gasteiger charge is 2.27.